The number of likely N-dealkylation sites (tertiary alicyclic amines) is 1. The Kier molecular flexibility index (Phi) is 5.13. The van der Waals surface area contributed by atoms with Crippen LogP contribution in [0.5, 0.6) is 0 Å². The number of amides is 1. The Morgan fingerprint density at radius 2 is 2.13 bits per heavy atom. The van der Waals surface area contributed by atoms with E-state index in [1.807, 2.05) is 0 Å². The summed E-state index contributed by atoms with van der Waals surface area (Å²) in [6, 6.07) is 2.15. The quantitative estimate of drug-likeness (QED) is 0.683. The highest BCUT2D eigenvalue weighted by atomic mass is 16.1. The number of hydrogen-bond acceptors (Lipinski definition) is 3. The van der Waals surface area contributed by atoms with Crippen molar-refractivity contribution in [3.05, 3.63) is 0 Å². The van der Waals surface area contributed by atoms with Gasteiger partial charge in [0.05, 0.1) is 6.07 Å². The van der Waals surface area contributed by atoms with E-state index >= 15 is 0 Å². The Morgan fingerprint density at radius 3 is 2.67 bits per heavy atom. The van der Waals surface area contributed by atoms with Crippen LogP contribution in [0.15, 0.2) is 0 Å². The van der Waals surface area contributed by atoms with E-state index in [9.17, 15) is 4.79 Å². The zero-order valence-electron chi connectivity index (χ0n) is 9.11. The largest absolute Gasteiger partial charge is 0.370 e. The fourth-order valence-corrected chi connectivity index (χ4v) is 2.08. The minimum atomic E-state index is -0.182. The SMILES string of the molecule is N#CCCCN1CCC(CC(N)=O)CC1. The number of carbonyl (C=O) groups excluding carboxylic acids is 1. The summed E-state index contributed by atoms with van der Waals surface area (Å²) in [6.45, 7) is 3.10. The summed E-state index contributed by atoms with van der Waals surface area (Å²) in [5.74, 6) is 0.299. The minimum absolute atomic E-state index is 0.182. The fourth-order valence-electron chi connectivity index (χ4n) is 2.08. The predicted octanol–water partition coefficient (Wildman–Crippen LogP) is 0.878. The third kappa shape index (κ3) is 4.80. The van der Waals surface area contributed by atoms with Gasteiger partial charge in [-0.05, 0) is 44.8 Å². The molecule has 1 rings (SSSR count). The van der Waals surface area contributed by atoms with Crippen molar-refractivity contribution in [3.63, 3.8) is 0 Å². The second-order valence-corrected chi connectivity index (χ2v) is 4.22. The Morgan fingerprint density at radius 1 is 1.47 bits per heavy atom. The highest BCUT2D eigenvalue weighted by molar-refractivity contribution is 5.73. The molecule has 0 atom stereocenters. The first-order valence-electron chi connectivity index (χ1n) is 5.60. The lowest BCUT2D eigenvalue weighted by Crippen LogP contribution is -2.35. The summed E-state index contributed by atoms with van der Waals surface area (Å²) in [7, 11) is 0. The Balaban J connectivity index is 2.13. The number of piperidine rings is 1. The lowest BCUT2D eigenvalue weighted by atomic mass is 9.93. The van der Waals surface area contributed by atoms with E-state index in [1.165, 1.54) is 0 Å². The summed E-state index contributed by atoms with van der Waals surface area (Å²) in [4.78, 5) is 13.1. The van der Waals surface area contributed by atoms with E-state index < -0.39 is 0 Å². The van der Waals surface area contributed by atoms with Crippen molar-refractivity contribution in [3.8, 4) is 6.07 Å². The normalized spacial score (nSPS) is 18.6. The van der Waals surface area contributed by atoms with E-state index in [-0.39, 0.29) is 5.91 Å². The van der Waals surface area contributed by atoms with Gasteiger partial charge in [-0.3, -0.25) is 4.79 Å². The van der Waals surface area contributed by atoms with Crippen molar-refractivity contribution in [1.29, 1.82) is 5.26 Å². The molecule has 1 fully saturated rings. The maximum atomic E-state index is 10.7. The van der Waals surface area contributed by atoms with Gasteiger partial charge in [-0.2, -0.15) is 5.26 Å². The van der Waals surface area contributed by atoms with E-state index in [4.69, 9.17) is 11.0 Å². The van der Waals surface area contributed by atoms with Gasteiger partial charge < -0.3 is 10.6 Å². The molecule has 0 bridgehead atoms. The number of nitrogens with zero attached hydrogens (tertiary/aromatic N) is 2. The molecule has 0 radical (unpaired) electrons. The topological polar surface area (TPSA) is 70.1 Å². The second-order valence-electron chi connectivity index (χ2n) is 4.22. The molecule has 4 nitrogen and oxygen atoms in total. The van der Waals surface area contributed by atoms with Gasteiger partial charge in [-0.15, -0.1) is 0 Å². The van der Waals surface area contributed by atoms with Crippen molar-refractivity contribution in [2.45, 2.75) is 32.1 Å². The fraction of sp³-hybridized carbons (Fsp3) is 0.818. The third-order valence-corrected chi connectivity index (χ3v) is 2.96. The van der Waals surface area contributed by atoms with Crippen molar-refractivity contribution in [2.75, 3.05) is 19.6 Å². The molecule has 4 heteroatoms. The predicted molar refractivity (Wildman–Crippen MR) is 57.8 cm³/mol. The molecule has 1 heterocycles. The summed E-state index contributed by atoms with van der Waals surface area (Å²) in [6.07, 6.45) is 4.26. The molecule has 0 spiro atoms. The average Bonchev–Trinajstić information content (AvgIpc) is 2.20. The van der Waals surface area contributed by atoms with Gasteiger partial charge in [-0.25, -0.2) is 0 Å². The van der Waals surface area contributed by atoms with Gasteiger partial charge in [0, 0.05) is 12.8 Å². The van der Waals surface area contributed by atoms with E-state index in [1.54, 1.807) is 0 Å². The van der Waals surface area contributed by atoms with Crippen LogP contribution in [0.4, 0.5) is 0 Å². The van der Waals surface area contributed by atoms with E-state index in [2.05, 4.69) is 11.0 Å². The van der Waals surface area contributed by atoms with Gasteiger partial charge in [0.25, 0.3) is 0 Å². The highest BCUT2D eigenvalue weighted by Gasteiger charge is 2.19. The van der Waals surface area contributed by atoms with Crippen LogP contribution in [-0.2, 0) is 4.79 Å². The first kappa shape index (κ1) is 12.0. The van der Waals surface area contributed by atoms with Crippen LogP contribution in [0, 0.1) is 17.2 Å². The van der Waals surface area contributed by atoms with Crippen LogP contribution >= 0.6 is 0 Å². The van der Waals surface area contributed by atoms with Crippen LogP contribution in [-0.4, -0.2) is 30.4 Å². The van der Waals surface area contributed by atoms with Gasteiger partial charge in [0.1, 0.15) is 0 Å². The smallest absolute Gasteiger partial charge is 0.217 e. The van der Waals surface area contributed by atoms with Crippen LogP contribution in [0.1, 0.15) is 32.1 Å². The number of primary amides is 1. The van der Waals surface area contributed by atoms with Crippen LogP contribution in [0.25, 0.3) is 0 Å². The molecule has 0 aromatic heterocycles. The average molecular weight is 209 g/mol. The van der Waals surface area contributed by atoms with Crippen molar-refractivity contribution in [2.24, 2.45) is 11.7 Å². The summed E-state index contributed by atoms with van der Waals surface area (Å²) < 4.78 is 0. The minimum Gasteiger partial charge on any atom is -0.370 e. The lowest BCUT2D eigenvalue weighted by Gasteiger charge is -2.31. The molecule has 0 saturated carbocycles. The molecule has 0 aliphatic carbocycles. The van der Waals surface area contributed by atoms with Gasteiger partial charge in [0.15, 0.2) is 0 Å². The lowest BCUT2D eigenvalue weighted by molar-refractivity contribution is -0.119. The molecule has 2 N–H and O–H groups in total. The van der Waals surface area contributed by atoms with Gasteiger partial charge in [0.2, 0.25) is 5.91 Å². The molecule has 1 aliphatic heterocycles. The molecule has 84 valence electrons. The number of rotatable bonds is 5. The molecule has 0 aromatic rings. The van der Waals surface area contributed by atoms with Gasteiger partial charge >= 0.3 is 0 Å². The maximum Gasteiger partial charge on any atom is 0.217 e. The molecule has 1 saturated heterocycles. The zero-order chi connectivity index (χ0) is 11.1. The third-order valence-electron chi connectivity index (χ3n) is 2.96. The summed E-state index contributed by atoms with van der Waals surface area (Å²) >= 11 is 0. The second kappa shape index (κ2) is 6.41. The number of unbranched alkanes of at least 4 members (excludes halogenated alkanes) is 1. The number of carbonyl (C=O) groups is 1. The van der Waals surface area contributed by atoms with Crippen molar-refractivity contribution in [1.82, 2.24) is 4.90 Å². The molecule has 0 unspecified atom stereocenters. The first-order valence-corrected chi connectivity index (χ1v) is 5.60. The molecular weight excluding hydrogens is 190 g/mol. The molecule has 1 aliphatic rings. The summed E-state index contributed by atoms with van der Waals surface area (Å²) in [5, 5.41) is 8.42. The summed E-state index contributed by atoms with van der Waals surface area (Å²) in [5.41, 5.74) is 5.17. The van der Waals surface area contributed by atoms with Crippen molar-refractivity contribution >= 4 is 5.91 Å². The molecular formula is C11H19N3O. The number of nitriles is 1. The number of nitrogens with two attached hydrogens (primary N) is 1. The first-order chi connectivity index (χ1) is 7.22. The standard InChI is InChI=1S/C11H19N3O/c12-5-1-2-6-14-7-3-10(4-8-14)9-11(13)15/h10H,1-4,6-9H2,(H2,13,15). The Labute approximate surface area is 91.0 Å². The van der Waals surface area contributed by atoms with Crippen molar-refractivity contribution < 1.29 is 4.79 Å². The van der Waals surface area contributed by atoms with E-state index in [0.29, 0.717) is 18.8 Å². The molecule has 0 aromatic carbocycles. The van der Waals surface area contributed by atoms with Crippen LogP contribution in [0.3, 0.4) is 0 Å². The molecule has 15 heavy (non-hydrogen) atoms. The highest BCUT2D eigenvalue weighted by Crippen LogP contribution is 2.20. The van der Waals surface area contributed by atoms with E-state index in [0.717, 1.165) is 38.9 Å². The van der Waals surface area contributed by atoms with Crippen LogP contribution < -0.4 is 5.73 Å². The zero-order valence-corrected chi connectivity index (χ0v) is 9.11. The van der Waals surface area contributed by atoms with Gasteiger partial charge in [-0.1, -0.05) is 0 Å². The number of hydrogen-bond donors (Lipinski definition) is 1. The molecule has 1 amide bonds. The van der Waals surface area contributed by atoms with Crippen LogP contribution in [0.2, 0.25) is 0 Å². The monoisotopic (exact) mass is 209 g/mol. The maximum absolute atomic E-state index is 10.7. The Bertz CT molecular complexity index is 239. The Hall–Kier alpha value is -1.08.